The van der Waals surface area contributed by atoms with Gasteiger partial charge in [0.25, 0.3) is 0 Å². The Morgan fingerprint density at radius 2 is 2.21 bits per heavy atom. The van der Waals surface area contributed by atoms with E-state index in [2.05, 4.69) is 4.98 Å². The van der Waals surface area contributed by atoms with Crippen LogP contribution in [0.1, 0.15) is 18.7 Å². The maximum absolute atomic E-state index is 11.5. The molecule has 0 bridgehead atoms. The van der Waals surface area contributed by atoms with Crippen molar-refractivity contribution >= 4 is 50.9 Å². The van der Waals surface area contributed by atoms with Crippen molar-refractivity contribution in [2.24, 2.45) is 0 Å². The van der Waals surface area contributed by atoms with Gasteiger partial charge in [-0.15, -0.1) is 22.7 Å². The van der Waals surface area contributed by atoms with Crippen molar-refractivity contribution in [3.8, 4) is 10.6 Å². The Labute approximate surface area is 124 Å². The van der Waals surface area contributed by atoms with Crippen LogP contribution >= 0.6 is 34.9 Å². The van der Waals surface area contributed by atoms with E-state index >= 15 is 0 Å². The minimum atomic E-state index is -0.0413. The lowest BCUT2D eigenvalue weighted by Crippen LogP contribution is -2.31. The average molecular weight is 311 g/mol. The van der Waals surface area contributed by atoms with E-state index < -0.39 is 0 Å². The summed E-state index contributed by atoms with van der Waals surface area (Å²) in [6.07, 6.45) is 0. The summed E-state index contributed by atoms with van der Waals surface area (Å²) in [6, 6.07) is 3.98. The molecule has 0 aliphatic heterocycles. The first-order valence-corrected chi connectivity index (χ1v) is 7.66. The third kappa shape index (κ3) is 3.37. The SMILES string of the molecule is CC(=O)N(Cc1ccc(-c2csc(N)n2)s1)C(C)=S. The summed E-state index contributed by atoms with van der Waals surface area (Å²) in [6.45, 7) is 3.78. The molecule has 0 aliphatic rings. The van der Waals surface area contributed by atoms with Gasteiger partial charge in [-0.1, -0.05) is 12.2 Å². The summed E-state index contributed by atoms with van der Waals surface area (Å²) < 4.78 is 0. The maximum Gasteiger partial charge on any atom is 0.224 e. The van der Waals surface area contributed by atoms with Gasteiger partial charge >= 0.3 is 0 Å². The Morgan fingerprint density at radius 1 is 1.47 bits per heavy atom. The van der Waals surface area contributed by atoms with Gasteiger partial charge < -0.3 is 10.6 Å². The van der Waals surface area contributed by atoms with Crippen molar-refractivity contribution in [3.63, 3.8) is 0 Å². The number of carbonyl (C=O) groups excluding carboxylic acids is 1. The quantitative estimate of drug-likeness (QED) is 0.885. The predicted octanol–water partition coefficient (Wildman–Crippen LogP) is 3.15. The number of anilines is 1. The molecule has 7 heteroatoms. The highest BCUT2D eigenvalue weighted by Gasteiger charge is 2.13. The smallest absolute Gasteiger partial charge is 0.224 e. The summed E-state index contributed by atoms with van der Waals surface area (Å²) in [5, 5.41) is 2.49. The van der Waals surface area contributed by atoms with Crippen molar-refractivity contribution in [1.29, 1.82) is 0 Å². The fourth-order valence-corrected chi connectivity index (χ4v) is 3.39. The predicted molar refractivity (Wildman–Crippen MR) is 84.3 cm³/mol. The molecule has 0 saturated heterocycles. The zero-order chi connectivity index (χ0) is 14.0. The summed E-state index contributed by atoms with van der Waals surface area (Å²) >= 11 is 8.10. The zero-order valence-electron chi connectivity index (χ0n) is 10.5. The van der Waals surface area contributed by atoms with E-state index in [-0.39, 0.29) is 5.91 Å². The maximum atomic E-state index is 11.5. The lowest BCUT2D eigenvalue weighted by atomic mass is 10.3. The molecule has 2 N–H and O–H groups in total. The van der Waals surface area contributed by atoms with Crippen molar-refractivity contribution in [2.45, 2.75) is 20.4 Å². The van der Waals surface area contributed by atoms with Gasteiger partial charge in [-0.05, 0) is 19.1 Å². The third-order valence-electron chi connectivity index (χ3n) is 2.51. The van der Waals surface area contributed by atoms with Crippen LogP contribution in [-0.4, -0.2) is 20.8 Å². The molecule has 1 amide bonds. The minimum absolute atomic E-state index is 0.0413. The number of thiocarbonyl (C=S) groups is 1. The fraction of sp³-hybridized carbons (Fsp3) is 0.250. The molecule has 0 radical (unpaired) electrons. The molecule has 0 unspecified atom stereocenters. The van der Waals surface area contributed by atoms with Crippen molar-refractivity contribution in [1.82, 2.24) is 9.88 Å². The van der Waals surface area contributed by atoms with Crippen molar-refractivity contribution < 1.29 is 4.79 Å². The van der Waals surface area contributed by atoms with Crippen molar-refractivity contribution in [3.05, 3.63) is 22.4 Å². The highest BCUT2D eigenvalue weighted by molar-refractivity contribution is 7.80. The normalized spacial score (nSPS) is 10.4. The summed E-state index contributed by atoms with van der Waals surface area (Å²) in [4.78, 5) is 20.0. The Morgan fingerprint density at radius 3 is 2.74 bits per heavy atom. The van der Waals surface area contributed by atoms with E-state index in [1.165, 1.54) is 18.3 Å². The van der Waals surface area contributed by atoms with Gasteiger partial charge in [0.15, 0.2) is 5.13 Å². The second kappa shape index (κ2) is 5.77. The van der Waals surface area contributed by atoms with Crippen molar-refractivity contribution in [2.75, 3.05) is 5.73 Å². The van der Waals surface area contributed by atoms with E-state index in [4.69, 9.17) is 18.0 Å². The first-order valence-electron chi connectivity index (χ1n) is 5.56. The molecule has 4 nitrogen and oxygen atoms in total. The van der Waals surface area contributed by atoms with Crippen LogP contribution in [0.3, 0.4) is 0 Å². The van der Waals surface area contributed by atoms with Crippen LogP contribution < -0.4 is 5.73 Å². The number of rotatable bonds is 3. The van der Waals surface area contributed by atoms with Crippen LogP contribution in [0.2, 0.25) is 0 Å². The molecule has 2 heterocycles. The number of hydrogen-bond donors (Lipinski definition) is 1. The Kier molecular flexibility index (Phi) is 4.28. The molecule has 0 aliphatic carbocycles. The lowest BCUT2D eigenvalue weighted by Gasteiger charge is -2.18. The zero-order valence-corrected chi connectivity index (χ0v) is 13.0. The molecular formula is C12H13N3OS3. The van der Waals surface area contributed by atoms with E-state index in [0.717, 1.165) is 15.4 Å². The number of carbonyl (C=O) groups is 1. The molecule has 2 rings (SSSR count). The van der Waals surface area contributed by atoms with Crippen LogP contribution in [-0.2, 0) is 11.3 Å². The molecule has 0 saturated carbocycles. The number of thiazole rings is 1. The number of nitrogens with zero attached hydrogens (tertiary/aromatic N) is 2. The summed E-state index contributed by atoms with van der Waals surface area (Å²) in [5.74, 6) is -0.0413. The van der Waals surface area contributed by atoms with Gasteiger partial charge in [0.1, 0.15) is 0 Å². The van der Waals surface area contributed by atoms with E-state index in [1.54, 1.807) is 23.2 Å². The van der Waals surface area contributed by atoms with E-state index in [0.29, 0.717) is 16.7 Å². The second-order valence-corrected chi connectivity index (χ2v) is 6.61. The Balaban J connectivity index is 2.17. The number of aromatic nitrogens is 1. The molecule has 0 atom stereocenters. The van der Waals surface area contributed by atoms with Crippen LogP contribution in [0, 0.1) is 0 Å². The number of amides is 1. The molecule has 100 valence electrons. The summed E-state index contributed by atoms with van der Waals surface area (Å²) in [7, 11) is 0. The van der Waals surface area contributed by atoms with Gasteiger partial charge in [-0.25, -0.2) is 4.98 Å². The van der Waals surface area contributed by atoms with Gasteiger partial charge in [0.05, 0.1) is 22.1 Å². The average Bonchev–Trinajstić information content (AvgIpc) is 2.93. The van der Waals surface area contributed by atoms with Crippen LogP contribution in [0.5, 0.6) is 0 Å². The molecule has 2 aromatic heterocycles. The van der Waals surface area contributed by atoms with Gasteiger partial charge in [0, 0.05) is 17.2 Å². The number of thiophene rings is 1. The van der Waals surface area contributed by atoms with E-state index in [1.807, 2.05) is 17.5 Å². The van der Waals surface area contributed by atoms with Crippen LogP contribution in [0.25, 0.3) is 10.6 Å². The fourth-order valence-electron chi connectivity index (χ4n) is 1.60. The van der Waals surface area contributed by atoms with Crippen LogP contribution in [0.4, 0.5) is 5.13 Å². The lowest BCUT2D eigenvalue weighted by molar-refractivity contribution is -0.125. The summed E-state index contributed by atoms with van der Waals surface area (Å²) in [5.41, 5.74) is 6.51. The van der Waals surface area contributed by atoms with Crippen LogP contribution in [0.15, 0.2) is 17.5 Å². The minimum Gasteiger partial charge on any atom is -0.375 e. The third-order valence-corrected chi connectivity index (χ3v) is 4.50. The number of nitrogen functional groups attached to an aromatic ring is 1. The Bertz CT molecular complexity index is 603. The first kappa shape index (κ1) is 14.1. The number of hydrogen-bond acceptors (Lipinski definition) is 6. The Hall–Kier alpha value is -1.31. The van der Waals surface area contributed by atoms with Gasteiger partial charge in [-0.3, -0.25) is 4.79 Å². The second-order valence-electron chi connectivity index (χ2n) is 3.96. The highest BCUT2D eigenvalue weighted by atomic mass is 32.1. The first-order chi connectivity index (χ1) is 8.97. The van der Waals surface area contributed by atoms with Gasteiger partial charge in [0.2, 0.25) is 5.91 Å². The highest BCUT2D eigenvalue weighted by Crippen LogP contribution is 2.30. The molecule has 2 aromatic rings. The molecule has 19 heavy (non-hydrogen) atoms. The van der Waals surface area contributed by atoms with E-state index in [9.17, 15) is 4.79 Å². The number of nitrogens with two attached hydrogens (primary N) is 1. The monoisotopic (exact) mass is 311 g/mol. The molecule has 0 fully saturated rings. The molecule has 0 spiro atoms. The largest absolute Gasteiger partial charge is 0.375 e. The standard InChI is InChI=1S/C12H13N3OS3/c1-7(16)15(8(2)17)5-9-3-4-11(19-9)10-6-18-12(13)14-10/h3-4,6H,5H2,1-2H3,(H2,13,14). The van der Waals surface area contributed by atoms with Gasteiger partial charge in [-0.2, -0.15) is 0 Å². The molecular weight excluding hydrogens is 298 g/mol. The topological polar surface area (TPSA) is 59.2 Å². The molecule has 0 aromatic carbocycles.